The minimum atomic E-state index is 0.407. The van der Waals surface area contributed by atoms with E-state index in [4.69, 9.17) is 5.73 Å². The van der Waals surface area contributed by atoms with Crippen LogP contribution in [0.5, 0.6) is 0 Å². The zero-order valence-electron chi connectivity index (χ0n) is 4.59. The Bertz CT molecular complexity index is 74.2. The van der Waals surface area contributed by atoms with E-state index in [9.17, 15) is 0 Å². The second-order valence-corrected chi connectivity index (χ2v) is 1.48. The molecule has 0 saturated carbocycles. The molecule has 0 radical (unpaired) electrons. The lowest BCUT2D eigenvalue weighted by atomic mass is 10.2. The van der Waals surface area contributed by atoms with Gasteiger partial charge in [-0.25, -0.2) is 0 Å². The highest BCUT2D eigenvalue weighted by atomic mass is 14.5. The van der Waals surface area contributed by atoms with Gasteiger partial charge in [0.1, 0.15) is 0 Å². The molecule has 2 N–H and O–H groups in total. The summed E-state index contributed by atoms with van der Waals surface area (Å²) >= 11 is 0. The lowest BCUT2D eigenvalue weighted by Crippen LogP contribution is -1.83. The van der Waals surface area contributed by atoms with E-state index in [2.05, 4.69) is 6.58 Å². The first-order valence-corrected chi connectivity index (χ1v) is 2.32. The van der Waals surface area contributed by atoms with E-state index < -0.39 is 0 Å². The Morgan fingerprint density at radius 1 is 1.71 bits per heavy atom. The molecule has 0 aliphatic heterocycles. The van der Waals surface area contributed by atoms with Gasteiger partial charge in [0.25, 0.3) is 0 Å². The SMILES string of the molecule is C=CC(C)/C=C/N. The molecule has 0 aliphatic rings. The van der Waals surface area contributed by atoms with Gasteiger partial charge in [-0.05, 0) is 12.1 Å². The summed E-state index contributed by atoms with van der Waals surface area (Å²) in [4.78, 5) is 0. The largest absolute Gasteiger partial charge is 0.405 e. The maximum Gasteiger partial charge on any atom is -0.00674 e. The Balaban J connectivity index is 3.35. The number of allylic oxidation sites excluding steroid dienone is 2. The molecule has 0 heterocycles. The molecule has 0 saturated heterocycles. The van der Waals surface area contributed by atoms with Gasteiger partial charge in [0.05, 0.1) is 0 Å². The Morgan fingerprint density at radius 3 is 2.43 bits per heavy atom. The van der Waals surface area contributed by atoms with Crippen LogP contribution in [-0.2, 0) is 0 Å². The van der Waals surface area contributed by atoms with Crippen molar-refractivity contribution < 1.29 is 0 Å². The molecule has 0 fully saturated rings. The first-order chi connectivity index (χ1) is 3.31. The summed E-state index contributed by atoms with van der Waals surface area (Å²) in [5, 5.41) is 0. The quantitative estimate of drug-likeness (QED) is 0.516. The molecular formula is C6H11N. The van der Waals surface area contributed by atoms with E-state index in [0.717, 1.165) is 0 Å². The number of nitrogens with two attached hydrogens (primary N) is 1. The summed E-state index contributed by atoms with van der Waals surface area (Å²) in [7, 11) is 0. The van der Waals surface area contributed by atoms with Crippen molar-refractivity contribution in [2.24, 2.45) is 11.7 Å². The van der Waals surface area contributed by atoms with Gasteiger partial charge in [-0.15, -0.1) is 6.58 Å². The topological polar surface area (TPSA) is 26.0 Å². The van der Waals surface area contributed by atoms with Gasteiger partial charge in [-0.3, -0.25) is 0 Å². The molecular weight excluding hydrogens is 86.1 g/mol. The second kappa shape index (κ2) is 3.47. The van der Waals surface area contributed by atoms with Crippen LogP contribution < -0.4 is 5.73 Å². The Morgan fingerprint density at radius 2 is 2.29 bits per heavy atom. The lowest BCUT2D eigenvalue weighted by molar-refractivity contribution is 0.940. The summed E-state index contributed by atoms with van der Waals surface area (Å²) in [5.41, 5.74) is 5.08. The van der Waals surface area contributed by atoms with E-state index in [1.807, 2.05) is 19.1 Å². The Hall–Kier alpha value is -0.720. The monoisotopic (exact) mass is 97.1 g/mol. The first kappa shape index (κ1) is 6.28. The van der Waals surface area contributed by atoms with Crippen LogP contribution in [0.1, 0.15) is 6.92 Å². The molecule has 1 heteroatoms. The van der Waals surface area contributed by atoms with Crippen molar-refractivity contribution in [1.82, 2.24) is 0 Å². The molecule has 0 aliphatic carbocycles. The van der Waals surface area contributed by atoms with E-state index >= 15 is 0 Å². The van der Waals surface area contributed by atoms with E-state index in [-0.39, 0.29) is 0 Å². The van der Waals surface area contributed by atoms with Crippen LogP contribution in [0.4, 0.5) is 0 Å². The minimum Gasteiger partial charge on any atom is -0.405 e. The molecule has 0 aromatic carbocycles. The van der Waals surface area contributed by atoms with Gasteiger partial charge >= 0.3 is 0 Å². The molecule has 7 heavy (non-hydrogen) atoms. The fourth-order valence-corrected chi connectivity index (χ4v) is 0.254. The Labute approximate surface area is 44.5 Å². The smallest absolute Gasteiger partial charge is 0.00674 e. The fourth-order valence-electron chi connectivity index (χ4n) is 0.254. The molecule has 0 aromatic rings. The van der Waals surface area contributed by atoms with Crippen LogP contribution in [-0.4, -0.2) is 0 Å². The minimum absolute atomic E-state index is 0.407. The van der Waals surface area contributed by atoms with Crippen LogP contribution in [0.25, 0.3) is 0 Å². The molecule has 40 valence electrons. The number of rotatable bonds is 2. The predicted octanol–water partition coefficient (Wildman–Crippen LogP) is 1.28. The zero-order valence-corrected chi connectivity index (χ0v) is 4.59. The van der Waals surface area contributed by atoms with Gasteiger partial charge in [-0.1, -0.05) is 19.1 Å². The van der Waals surface area contributed by atoms with Crippen molar-refractivity contribution in [3.63, 3.8) is 0 Å². The fraction of sp³-hybridized carbons (Fsp3) is 0.333. The van der Waals surface area contributed by atoms with Crippen molar-refractivity contribution in [3.8, 4) is 0 Å². The average Bonchev–Trinajstić information content (AvgIpc) is 1.68. The van der Waals surface area contributed by atoms with Crippen LogP contribution >= 0.6 is 0 Å². The third-order valence-corrected chi connectivity index (χ3v) is 0.786. The maximum absolute atomic E-state index is 5.08. The van der Waals surface area contributed by atoms with Crippen LogP contribution in [0.15, 0.2) is 24.9 Å². The molecule has 1 unspecified atom stereocenters. The molecule has 0 aromatic heterocycles. The summed E-state index contributed by atoms with van der Waals surface area (Å²) < 4.78 is 0. The summed E-state index contributed by atoms with van der Waals surface area (Å²) in [6.07, 6.45) is 5.25. The third kappa shape index (κ3) is 3.10. The normalized spacial score (nSPS) is 14.4. The highest BCUT2D eigenvalue weighted by molar-refractivity contribution is 4.91. The van der Waals surface area contributed by atoms with E-state index in [1.54, 1.807) is 0 Å². The highest BCUT2D eigenvalue weighted by Crippen LogP contribution is 1.93. The lowest BCUT2D eigenvalue weighted by Gasteiger charge is -1.90. The predicted molar refractivity (Wildman–Crippen MR) is 32.7 cm³/mol. The Kier molecular flexibility index (Phi) is 3.11. The molecule has 1 nitrogen and oxygen atoms in total. The van der Waals surface area contributed by atoms with Crippen LogP contribution in [0, 0.1) is 5.92 Å². The van der Waals surface area contributed by atoms with Gasteiger partial charge in [0.15, 0.2) is 0 Å². The zero-order chi connectivity index (χ0) is 5.70. The van der Waals surface area contributed by atoms with Gasteiger partial charge in [0.2, 0.25) is 0 Å². The number of hydrogen-bond acceptors (Lipinski definition) is 1. The van der Waals surface area contributed by atoms with Gasteiger partial charge in [0, 0.05) is 0 Å². The highest BCUT2D eigenvalue weighted by Gasteiger charge is 1.81. The van der Waals surface area contributed by atoms with Crippen molar-refractivity contribution in [2.45, 2.75) is 6.92 Å². The van der Waals surface area contributed by atoms with Gasteiger partial charge in [-0.2, -0.15) is 0 Å². The number of hydrogen-bond donors (Lipinski definition) is 1. The van der Waals surface area contributed by atoms with Crippen molar-refractivity contribution in [1.29, 1.82) is 0 Å². The average molecular weight is 97.2 g/mol. The maximum atomic E-state index is 5.08. The van der Waals surface area contributed by atoms with E-state index in [0.29, 0.717) is 5.92 Å². The molecule has 0 rings (SSSR count). The molecule has 1 atom stereocenters. The van der Waals surface area contributed by atoms with Gasteiger partial charge < -0.3 is 5.73 Å². The van der Waals surface area contributed by atoms with Crippen LogP contribution in [0.3, 0.4) is 0 Å². The standard InChI is InChI=1S/C6H11N/c1-3-6(2)4-5-7/h3-6H,1,7H2,2H3/b5-4+. The first-order valence-electron chi connectivity index (χ1n) is 2.32. The summed E-state index contributed by atoms with van der Waals surface area (Å²) in [5.74, 6) is 0.407. The molecule has 0 amide bonds. The summed E-state index contributed by atoms with van der Waals surface area (Å²) in [6.45, 7) is 5.60. The van der Waals surface area contributed by atoms with Crippen LogP contribution in [0.2, 0.25) is 0 Å². The van der Waals surface area contributed by atoms with Crippen molar-refractivity contribution in [2.75, 3.05) is 0 Å². The second-order valence-electron chi connectivity index (χ2n) is 1.48. The molecule has 0 spiro atoms. The summed E-state index contributed by atoms with van der Waals surface area (Å²) in [6, 6.07) is 0. The van der Waals surface area contributed by atoms with Crippen molar-refractivity contribution in [3.05, 3.63) is 24.9 Å². The van der Waals surface area contributed by atoms with Crippen molar-refractivity contribution >= 4 is 0 Å². The molecule has 0 bridgehead atoms. The van der Waals surface area contributed by atoms with E-state index in [1.165, 1.54) is 6.20 Å². The third-order valence-electron chi connectivity index (χ3n) is 0.786.